The smallest absolute Gasteiger partial charge is 0.282 e. The van der Waals surface area contributed by atoms with Crippen LogP contribution in [0.2, 0.25) is 0 Å². The van der Waals surface area contributed by atoms with E-state index in [-0.39, 0.29) is 36.8 Å². The molecule has 158 valence electrons. The second-order valence-corrected chi connectivity index (χ2v) is 7.80. The Labute approximate surface area is 177 Å². The van der Waals surface area contributed by atoms with Crippen LogP contribution in [0.25, 0.3) is 5.57 Å². The number of likely N-dealkylation sites (N-methyl/N-ethyl adjacent to an activating group) is 1. The average Bonchev–Trinajstić information content (AvgIpc) is 2.93. The topological polar surface area (TPSA) is 70.1 Å². The number of aryl methyl sites for hydroxylation is 2. The van der Waals surface area contributed by atoms with Gasteiger partial charge in [0.15, 0.2) is 0 Å². The van der Waals surface area contributed by atoms with Gasteiger partial charge in [-0.05, 0) is 57.0 Å². The number of aliphatic hydroxyl groups excluding tert-OH is 1. The SMILES string of the molecule is Cc1ccc(N2C(=O)C(c3ccc(OC(C)C)cc3)=C(N(C)CCO)C2=O)c(C)c1. The van der Waals surface area contributed by atoms with Crippen molar-refractivity contribution in [2.75, 3.05) is 25.1 Å². The molecule has 0 radical (unpaired) electrons. The van der Waals surface area contributed by atoms with E-state index >= 15 is 0 Å². The maximum atomic E-state index is 13.5. The second kappa shape index (κ2) is 8.71. The van der Waals surface area contributed by atoms with Gasteiger partial charge in [0.05, 0.1) is 24.0 Å². The molecule has 2 aromatic rings. The molecule has 0 bridgehead atoms. The van der Waals surface area contributed by atoms with Gasteiger partial charge in [0.25, 0.3) is 11.8 Å². The van der Waals surface area contributed by atoms with Crippen LogP contribution in [0.3, 0.4) is 0 Å². The van der Waals surface area contributed by atoms with Gasteiger partial charge in [-0.2, -0.15) is 0 Å². The van der Waals surface area contributed by atoms with Crippen molar-refractivity contribution >= 4 is 23.1 Å². The lowest BCUT2D eigenvalue weighted by molar-refractivity contribution is -0.120. The number of rotatable bonds is 7. The molecule has 3 rings (SSSR count). The first kappa shape index (κ1) is 21.6. The number of benzene rings is 2. The molecule has 1 N–H and O–H groups in total. The van der Waals surface area contributed by atoms with Crippen LogP contribution in [0.15, 0.2) is 48.2 Å². The lowest BCUT2D eigenvalue weighted by Crippen LogP contribution is -2.35. The van der Waals surface area contributed by atoms with Gasteiger partial charge < -0.3 is 14.7 Å². The van der Waals surface area contributed by atoms with Gasteiger partial charge in [-0.1, -0.05) is 29.8 Å². The molecular formula is C24H28N2O4. The lowest BCUT2D eigenvalue weighted by Gasteiger charge is -2.21. The fourth-order valence-corrected chi connectivity index (χ4v) is 3.64. The highest BCUT2D eigenvalue weighted by Crippen LogP contribution is 2.36. The zero-order valence-corrected chi connectivity index (χ0v) is 18.1. The summed E-state index contributed by atoms with van der Waals surface area (Å²) in [5, 5.41) is 9.39. The minimum atomic E-state index is -0.389. The number of carbonyl (C=O) groups excluding carboxylic acids is 2. The van der Waals surface area contributed by atoms with Gasteiger partial charge in [-0.3, -0.25) is 9.59 Å². The van der Waals surface area contributed by atoms with Crippen molar-refractivity contribution in [1.29, 1.82) is 0 Å². The molecule has 30 heavy (non-hydrogen) atoms. The van der Waals surface area contributed by atoms with E-state index in [4.69, 9.17) is 4.74 Å². The van der Waals surface area contributed by atoms with Gasteiger partial charge in [-0.25, -0.2) is 4.90 Å². The first-order valence-electron chi connectivity index (χ1n) is 10.0. The lowest BCUT2D eigenvalue weighted by atomic mass is 10.0. The average molecular weight is 408 g/mol. The van der Waals surface area contributed by atoms with Crippen LogP contribution in [0, 0.1) is 13.8 Å². The summed E-state index contributed by atoms with van der Waals surface area (Å²) in [5.74, 6) is -0.0627. The number of imide groups is 1. The van der Waals surface area contributed by atoms with E-state index in [1.54, 1.807) is 42.3 Å². The van der Waals surface area contributed by atoms with E-state index in [2.05, 4.69) is 0 Å². The highest BCUT2D eigenvalue weighted by atomic mass is 16.5. The minimum Gasteiger partial charge on any atom is -0.491 e. The molecule has 0 spiro atoms. The first-order chi connectivity index (χ1) is 14.2. The van der Waals surface area contributed by atoms with Crippen LogP contribution in [0.1, 0.15) is 30.5 Å². The molecule has 6 heteroatoms. The van der Waals surface area contributed by atoms with E-state index in [1.807, 2.05) is 39.8 Å². The van der Waals surface area contributed by atoms with Crippen molar-refractivity contribution in [2.45, 2.75) is 33.8 Å². The fraction of sp³-hybridized carbons (Fsp3) is 0.333. The Kier molecular flexibility index (Phi) is 6.27. The summed E-state index contributed by atoms with van der Waals surface area (Å²) in [6.07, 6.45) is 0.0380. The van der Waals surface area contributed by atoms with E-state index in [0.29, 0.717) is 22.6 Å². The number of hydrogen-bond donors (Lipinski definition) is 1. The predicted octanol–water partition coefficient (Wildman–Crippen LogP) is 3.30. The van der Waals surface area contributed by atoms with Crippen molar-refractivity contribution in [3.05, 3.63) is 64.9 Å². The molecular weight excluding hydrogens is 380 g/mol. The van der Waals surface area contributed by atoms with Gasteiger partial charge in [0, 0.05) is 13.6 Å². The van der Waals surface area contributed by atoms with Gasteiger partial charge in [0.1, 0.15) is 11.4 Å². The largest absolute Gasteiger partial charge is 0.491 e. The molecule has 0 aliphatic carbocycles. The third kappa shape index (κ3) is 4.09. The molecule has 0 saturated carbocycles. The normalized spacial score (nSPS) is 14.2. The maximum absolute atomic E-state index is 13.5. The van der Waals surface area contributed by atoms with Crippen molar-refractivity contribution in [2.24, 2.45) is 0 Å². The number of hydrogen-bond acceptors (Lipinski definition) is 5. The van der Waals surface area contributed by atoms with Crippen LogP contribution in [-0.4, -0.2) is 48.1 Å². The Morgan fingerprint density at radius 1 is 1.03 bits per heavy atom. The Bertz CT molecular complexity index is 993. The third-order valence-electron chi connectivity index (χ3n) is 4.98. The highest BCUT2D eigenvalue weighted by molar-refractivity contribution is 6.45. The van der Waals surface area contributed by atoms with Crippen LogP contribution in [-0.2, 0) is 9.59 Å². The number of carbonyl (C=O) groups is 2. The van der Waals surface area contributed by atoms with Crippen molar-refractivity contribution in [3.8, 4) is 5.75 Å². The van der Waals surface area contributed by atoms with Gasteiger partial charge >= 0.3 is 0 Å². The van der Waals surface area contributed by atoms with E-state index < -0.39 is 0 Å². The molecule has 0 unspecified atom stereocenters. The Morgan fingerprint density at radius 2 is 1.70 bits per heavy atom. The molecule has 1 heterocycles. The zero-order chi connectivity index (χ0) is 22.0. The summed E-state index contributed by atoms with van der Waals surface area (Å²) < 4.78 is 5.69. The van der Waals surface area contributed by atoms with Gasteiger partial charge in [0.2, 0.25) is 0 Å². The van der Waals surface area contributed by atoms with Crippen molar-refractivity contribution < 1.29 is 19.4 Å². The zero-order valence-electron chi connectivity index (χ0n) is 18.1. The Morgan fingerprint density at radius 3 is 2.27 bits per heavy atom. The summed E-state index contributed by atoms with van der Waals surface area (Å²) >= 11 is 0. The molecule has 0 atom stereocenters. The summed E-state index contributed by atoms with van der Waals surface area (Å²) in [5.41, 5.74) is 3.72. The predicted molar refractivity (Wildman–Crippen MR) is 117 cm³/mol. The Balaban J connectivity index is 2.08. The van der Waals surface area contributed by atoms with Crippen LogP contribution < -0.4 is 9.64 Å². The van der Waals surface area contributed by atoms with E-state index in [1.165, 1.54) is 4.90 Å². The number of ether oxygens (including phenoxy) is 1. The van der Waals surface area contributed by atoms with Crippen LogP contribution in [0.4, 0.5) is 5.69 Å². The summed E-state index contributed by atoms with van der Waals surface area (Å²) in [6, 6.07) is 12.8. The molecule has 6 nitrogen and oxygen atoms in total. The molecule has 1 aliphatic rings. The number of amides is 2. The molecule has 2 amide bonds. The van der Waals surface area contributed by atoms with Crippen molar-refractivity contribution in [3.63, 3.8) is 0 Å². The standard InChI is InChI=1S/C24H28N2O4/c1-15(2)30-19-9-7-18(8-10-19)21-22(25(5)12-13-27)24(29)26(23(21)28)20-11-6-16(3)14-17(20)4/h6-11,14-15,27H,12-13H2,1-5H3. The summed E-state index contributed by atoms with van der Waals surface area (Å²) in [6.45, 7) is 7.86. The van der Waals surface area contributed by atoms with Crippen LogP contribution >= 0.6 is 0 Å². The first-order valence-corrected chi connectivity index (χ1v) is 10.0. The number of nitrogens with zero attached hydrogens (tertiary/aromatic N) is 2. The van der Waals surface area contributed by atoms with Crippen LogP contribution in [0.5, 0.6) is 5.75 Å². The molecule has 0 fully saturated rings. The molecule has 0 aromatic heterocycles. The fourth-order valence-electron chi connectivity index (χ4n) is 3.64. The summed E-state index contributed by atoms with van der Waals surface area (Å²) in [7, 11) is 1.71. The second-order valence-electron chi connectivity index (χ2n) is 7.80. The van der Waals surface area contributed by atoms with E-state index in [0.717, 1.165) is 11.1 Å². The van der Waals surface area contributed by atoms with E-state index in [9.17, 15) is 14.7 Å². The van der Waals surface area contributed by atoms with Crippen molar-refractivity contribution in [1.82, 2.24) is 4.90 Å². The highest BCUT2D eigenvalue weighted by Gasteiger charge is 2.42. The summed E-state index contributed by atoms with van der Waals surface area (Å²) in [4.78, 5) is 29.7. The Hall–Kier alpha value is -3.12. The molecule has 0 saturated heterocycles. The van der Waals surface area contributed by atoms with Gasteiger partial charge in [-0.15, -0.1) is 0 Å². The molecule has 1 aliphatic heterocycles. The third-order valence-corrected chi connectivity index (χ3v) is 4.98. The monoisotopic (exact) mass is 408 g/mol. The number of anilines is 1. The quantitative estimate of drug-likeness (QED) is 0.712. The number of aliphatic hydroxyl groups is 1. The molecule has 2 aromatic carbocycles. The maximum Gasteiger partial charge on any atom is 0.282 e. The minimum absolute atomic E-state index is 0.0380.